The molecule has 7 heteroatoms. The normalized spacial score (nSPS) is 17.3. The molecule has 2 aromatic heterocycles. The average molecular weight is 312 g/mol. The maximum atomic E-state index is 11.7. The molecule has 1 aliphatic heterocycles. The monoisotopic (exact) mass is 312 g/mol. The smallest absolute Gasteiger partial charge is 0.236 e. The molecule has 1 fully saturated rings. The van der Waals surface area contributed by atoms with Crippen LogP contribution in [0.4, 0.5) is 11.8 Å². The van der Waals surface area contributed by atoms with Crippen LogP contribution in [0, 0.1) is 6.92 Å². The van der Waals surface area contributed by atoms with Crippen LogP contribution >= 0.6 is 0 Å². The molecule has 1 amide bonds. The van der Waals surface area contributed by atoms with Crippen LogP contribution in [0.2, 0.25) is 0 Å². The van der Waals surface area contributed by atoms with Crippen LogP contribution in [-0.4, -0.2) is 45.4 Å². The fourth-order valence-corrected chi connectivity index (χ4v) is 2.74. The van der Waals surface area contributed by atoms with Crippen molar-refractivity contribution in [3.8, 4) is 0 Å². The number of anilines is 2. The molecular formula is C16H20N6O. The summed E-state index contributed by atoms with van der Waals surface area (Å²) in [5.74, 6) is 1.48. The Morgan fingerprint density at radius 2 is 2.26 bits per heavy atom. The number of aryl methyl sites for hydroxylation is 1. The Morgan fingerprint density at radius 1 is 1.39 bits per heavy atom. The second-order valence-corrected chi connectivity index (χ2v) is 5.63. The fraction of sp³-hybridized carbons (Fsp3) is 0.375. The van der Waals surface area contributed by atoms with E-state index < -0.39 is 0 Å². The summed E-state index contributed by atoms with van der Waals surface area (Å²) in [5, 5.41) is 3.15. The largest absolute Gasteiger partial charge is 0.341 e. The summed E-state index contributed by atoms with van der Waals surface area (Å²) in [6.45, 7) is 3.43. The molecule has 0 aliphatic carbocycles. The minimum absolute atomic E-state index is 0.0102. The van der Waals surface area contributed by atoms with Crippen molar-refractivity contribution in [1.82, 2.24) is 19.9 Å². The van der Waals surface area contributed by atoms with E-state index in [0.717, 1.165) is 30.0 Å². The Bertz CT molecular complexity index is 704. The molecule has 1 saturated heterocycles. The van der Waals surface area contributed by atoms with Crippen LogP contribution in [-0.2, 0) is 4.79 Å². The Labute approximate surface area is 135 Å². The molecule has 1 atom stereocenters. The summed E-state index contributed by atoms with van der Waals surface area (Å²) in [6, 6.07) is 5.77. The van der Waals surface area contributed by atoms with Gasteiger partial charge in [0.15, 0.2) is 0 Å². The van der Waals surface area contributed by atoms with Crippen molar-refractivity contribution in [3.63, 3.8) is 0 Å². The molecule has 0 spiro atoms. The van der Waals surface area contributed by atoms with Gasteiger partial charge in [-0.15, -0.1) is 0 Å². The van der Waals surface area contributed by atoms with Crippen LogP contribution in [0.15, 0.2) is 30.6 Å². The highest BCUT2D eigenvalue weighted by atomic mass is 16.2. The molecule has 3 N–H and O–H groups in total. The number of nitrogens with one attached hydrogen (secondary N) is 1. The number of rotatable bonds is 4. The molecular weight excluding hydrogens is 292 g/mol. The summed E-state index contributed by atoms with van der Waals surface area (Å²) >= 11 is 0. The van der Waals surface area contributed by atoms with E-state index in [1.807, 2.05) is 25.1 Å². The van der Waals surface area contributed by atoms with Crippen molar-refractivity contribution < 1.29 is 4.79 Å². The third-order valence-electron chi connectivity index (χ3n) is 4.05. The molecule has 3 rings (SSSR count). The van der Waals surface area contributed by atoms with Crippen LogP contribution in [0.5, 0.6) is 0 Å². The van der Waals surface area contributed by atoms with Crippen molar-refractivity contribution in [1.29, 1.82) is 0 Å². The molecule has 120 valence electrons. The van der Waals surface area contributed by atoms with Crippen molar-refractivity contribution >= 4 is 17.7 Å². The van der Waals surface area contributed by atoms with E-state index in [4.69, 9.17) is 5.73 Å². The standard InChI is InChI=1S/C16H20N6O/c1-11-3-2-6-18-15(11)21-16-19-7-4-13(20-16)12-5-8-22(10-12)14(23)9-17/h2-4,6-7,12H,5,8-10,17H2,1H3,(H,18,19,20,21)/t12-/m0/s1. The van der Waals surface area contributed by atoms with E-state index in [9.17, 15) is 4.79 Å². The first kappa shape index (κ1) is 15.4. The molecule has 7 nitrogen and oxygen atoms in total. The summed E-state index contributed by atoms with van der Waals surface area (Å²) < 4.78 is 0. The number of carbonyl (C=O) groups is 1. The van der Waals surface area contributed by atoms with Gasteiger partial charge in [0.2, 0.25) is 11.9 Å². The van der Waals surface area contributed by atoms with Crippen LogP contribution in [0.1, 0.15) is 23.6 Å². The number of amides is 1. The van der Waals surface area contributed by atoms with E-state index in [2.05, 4.69) is 20.3 Å². The molecule has 2 aromatic rings. The maximum absolute atomic E-state index is 11.7. The van der Waals surface area contributed by atoms with Crippen LogP contribution < -0.4 is 11.1 Å². The highest BCUT2D eigenvalue weighted by Gasteiger charge is 2.27. The summed E-state index contributed by atoms with van der Waals surface area (Å²) in [4.78, 5) is 26.6. The molecule has 0 saturated carbocycles. The molecule has 0 bridgehead atoms. The lowest BCUT2D eigenvalue weighted by Gasteiger charge is -2.15. The third-order valence-corrected chi connectivity index (χ3v) is 4.05. The quantitative estimate of drug-likeness (QED) is 0.880. The number of likely N-dealkylation sites (tertiary alicyclic amines) is 1. The fourth-order valence-electron chi connectivity index (χ4n) is 2.74. The van der Waals surface area contributed by atoms with E-state index >= 15 is 0 Å². The lowest BCUT2D eigenvalue weighted by molar-refractivity contribution is -0.128. The van der Waals surface area contributed by atoms with Gasteiger partial charge in [-0.3, -0.25) is 4.79 Å². The zero-order valence-electron chi connectivity index (χ0n) is 13.1. The second-order valence-electron chi connectivity index (χ2n) is 5.63. The topological polar surface area (TPSA) is 97.0 Å². The minimum atomic E-state index is -0.0102. The van der Waals surface area contributed by atoms with Gasteiger partial charge in [0.25, 0.3) is 0 Å². The first-order valence-corrected chi connectivity index (χ1v) is 7.67. The number of hydrogen-bond donors (Lipinski definition) is 2. The lowest BCUT2D eigenvalue weighted by atomic mass is 10.1. The van der Waals surface area contributed by atoms with Crippen molar-refractivity contribution in [2.45, 2.75) is 19.3 Å². The summed E-state index contributed by atoms with van der Waals surface area (Å²) in [6.07, 6.45) is 4.35. The molecule has 1 aliphatic rings. The SMILES string of the molecule is Cc1cccnc1Nc1nccc([C@H]2CCN(C(=O)CN)C2)n1. The molecule has 3 heterocycles. The van der Waals surface area contributed by atoms with E-state index in [1.165, 1.54) is 0 Å². The second kappa shape index (κ2) is 6.70. The molecule has 23 heavy (non-hydrogen) atoms. The number of hydrogen-bond acceptors (Lipinski definition) is 6. The van der Waals surface area contributed by atoms with Crippen molar-refractivity contribution in [2.75, 3.05) is 25.0 Å². The molecule has 0 aromatic carbocycles. The van der Waals surface area contributed by atoms with E-state index in [1.54, 1.807) is 17.3 Å². The lowest BCUT2D eigenvalue weighted by Crippen LogP contribution is -2.33. The van der Waals surface area contributed by atoms with E-state index in [0.29, 0.717) is 12.5 Å². The van der Waals surface area contributed by atoms with Crippen molar-refractivity contribution in [2.24, 2.45) is 5.73 Å². The van der Waals surface area contributed by atoms with Gasteiger partial charge in [-0.1, -0.05) is 6.07 Å². The number of carbonyl (C=O) groups excluding carboxylic acids is 1. The van der Waals surface area contributed by atoms with Gasteiger partial charge in [-0.2, -0.15) is 0 Å². The number of pyridine rings is 1. The van der Waals surface area contributed by atoms with Crippen molar-refractivity contribution in [3.05, 3.63) is 41.9 Å². The predicted octanol–water partition coefficient (Wildman–Crippen LogP) is 1.20. The highest BCUT2D eigenvalue weighted by molar-refractivity contribution is 5.78. The van der Waals surface area contributed by atoms with Crippen LogP contribution in [0.25, 0.3) is 0 Å². The van der Waals surface area contributed by atoms with Gasteiger partial charge in [-0.25, -0.2) is 15.0 Å². The first-order chi connectivity index (χ1) is 11.2. The zero-order valence-corrected chi connectivity index (χ0v) is 13.1. The molecule has 0 unspecified atom stereocenters. The number of nitrogens with zero attached hydrogens (tertiary/aromatic N) is 4. The molecule has 0 radical (unpaired) electrons. The first-order valence-electron chi connectivity index (χ1n) is 7.67. The Hall–Kier alpha value is -2.54. The van der Waals surface area contributed by atoms with Crippen LogP contribution in [0.3, 0.4) is 0 Å². The summed E-state index contributed by atoms with van der Waals surface area (Å²) in [7, 11) is 0. The zero-order chi connectivity index (χ0) is 16.2. The highest BCUT2D eigenvalue weighted by Crippen LogP contribution is 2.26. The van der Waals surface area contributed by atoms with Gasteiger partial charge < -0.3 is 16.0 Å². The van der Waals surface area contributed by atoms with Gasteiger partial charge in [0.05, 0.1) is 12.2 Å². The maximum Gasteiger partial charge on any atom is 0.236 e. The van der Waals surface area contributed by atoms with Gasteiger partial charge in [-0.05, 0) is 31.0 Å². The Balaban J connectivity index is 1.73. The minimum Gasteiger partial charge on any atom is -0.341 e. The third kappa shape index (κ3) is 3.45. The van der Waals surface area contributed by atoms with Gasteiger partial charge >= 0.3 is 0 Å². The Kier molecular flexibility index (Phi) is 4.47. The Morgan fingerprint density at radius 3 is 3.04 bits per heavy atom. The number of aromatic nitrogens is 3. The van der Waals surface area contributed by atoms with Gasteiger partial charge in [0.1, 0.15) is 5.82 Å². The van der Waals surface area contributed by atoms with Gasteiger partial charge in [0, 0.05) is 31.4 Å². The predicted molar refractivity (Wildman–Crippen MR) is 87.3 cm³/mol. The average Bonchev–Trinajstić information content (AvgIpc) is 3.07. The summed E-state index contributed by atoms with van der Waals surface area (Å²) in [5.41, 5.74) is 7.39. The number of nitrogens with two attached hydrogens (primary N) is 1. The van der Waals surface area contributed by atoms with E-state index in [-0.39, 0.29) is 18.4 Å².